The third-order valence-corrected chi connectivity index (χ3v) is 3.59. The lowest BCUT2D eigenvalue weighted by molar-refractivity contribution is 0.127. The number of alkyl carbamates (subject to hydrolysis) is 1. The van der Waals surface area contributed by atoms with Crippen LogP contribution in [0.4, 0.5) is 4.79 Å². The molecule has 1 aliphatic heterocycles. The summed E-state index contributed by atoms with van der Waals surface area (Å²) in [4.78, 5) is 11.3. The van der Waals surface area contributed by atoms with Crippen molar-refractivity contribution < 1.29 is 9.53 Å². The molecule has 0 aromatic carbocycles. The Bertz CT molecular complexity index is 223. The molecule has 1 amide bonds. The number of carbonyl (C=O) groups is 1. The number of amides is 1. The molecule has 1 saturated heterocycles. The minimum Gasteiger partial charge on any atom is -0.450 e. The van der Waals surface area contributed by atoms with Crippen LogP contribution >= 0.6 is 0 Å². The van der Waals surface area contributed by atoms with E-state index < -0.39 is 0 Å². The van der Waals surface area contributed by atoms with Crippen LogP contribution in [-0.4, -0.2) is 31.8 Å². The number of nitrogens with one attached hydrogen (secondary N) is 2. The highest BCUT2D eigenvalue weighted by atomic mass is 16.5. The van der Waals surface area contributed by atoms with E-state index in [2.05, 4.69) is 10.6 Å². The molecular weight excluding hydrogens is 204 g/mol. The van der Waals surface area contributed by atoms with E-state index in [1.807, 2.05) is 0 Å². The van der Waals surface area contributed by atoms with Gasteiger partial charge in [0, 0.05) is 6.04 Å². The molecule has 4 nitrogen and oxygen atoms in total. The molecule has 1 unspecified atom stereocenters. The first-order valence-corrected chi connectivity index (χ1v) is 6.48. The SMILES string of the molecule is O=C(NC1CCC1)OCCC1CCCNC1. The molecule has 16 heavy (non-hydrogen) atoms. The lowest BCUT2D eigenvalue weighted by atomic mass is 9.93. The Labute approximate surface area is 97.1 Å². The van der Waals surface area contributed by atoms with Crippen molar-refractivity contribution in [3.63, 3.8) is 0 Å². The van der Waals surface area contributed by atoms with Gasteiger partial charge in [-0.25, -0.2) is 4.79 Å². The van der Waals surface area contributed by atoms with E-state index in [1.165, 1.54) is 19.3 Å². The van der Waals surface area contributed by atoms with Crippen molar-refractivity contribution in [3.8, 4) is 0 Å². The van der Waals surface area contributed by atoms with Gasteiger partial charge >= 0.3 is 6.09 Å². The first kappa shape index (κ1) is 11.7. The van der Waals surface area contributed by atoms with Gasteiger partial charge in [0.2, 0.25) is 0 Å². The number of ether oxygens (including phenoxy) is 1. The normalized spacial score (nSPS) is 25.9. The van der Waals surface area contributed by atoms with Crippen molar-refractivity contribution in [1.82, 2.24) is 10.6 Å². The van der Waals surface area contributed by atoms with Gasteiger partial charge in [0.1, 0.15) is 0 Å². The second kappa shape index (κ2) is 6.09. The molecule has 1 atom stereocenters. The van der Waals surface area contributed by atoms with E-state index in [0.717, 1.165) is 32.4 Å². The van der Waals surface area contributed by atoms with Crippen molar-refractivity contribution in [2.75, 3.05) is 19.7 Å². The van der Waals surface area contributed by atoms with E-state index in [4.69, 9.17) is 4.74 Å². The van der Waals surface area contributed by atoms with Crippen LogP contribution in [0.1, 0.15) is 38.5 Å². The fourth-order valence-corrected chi connectivity index (χ4v) is 2.25. The van der Waals surface area contributed by atoms with Crippen LogP contribution in [-0.2, 0) is 4.74 Å². The highest BCUT2D eigenvalue weighted by molar-refractivity contribution is 5.67. The maximum atomic E-state index is 11.3. The fraction of sp³-hybridized carbons (Fsp3) is 0.917. The Kier molecular flexibility index (Phi) is 4.45. The van der Waals surface area contributed by atoms with Gasteiger partial charge < -0.3 is 15.4 Å². The Morgan fingerprint density at radius 2 is 2.19 bits per heavy atom. The summed E-state index contributed by atoms with van der Waals surface area (Å²) >= 11 is 0. The highest BCUT2D eigenvalue weighted by Gasteiger charge is 2.20. The Balaban J connectivity index is 1.51. The molecule has 1 aliphatic carbocycles. The molecule has 2 aliphatic rings. The third kappa shape index (κ3) is 3.67. The van der Waals surface area contributed by atoms with Gasteiger partial charge in [-0.1, -0.05) is 0 Å². The van der Waals surface area contributed by atoms with Crippen LogP contribution in [0, 0.1) is 5.92 Å². The van der Waals surface area contributed by atoms with Crippen LogP contribution in [0.5, 0.6) is 0 Å². The Hall–Kier alpha value is -0.770. The van der Waals surface area contributed by atoms with E-state index >= 15 is 0 Å². The topological polar surface area (TPSA) is 50.4 Å². The molecule has 4 heteroatoms. The van der Waals surface area contributed by atoms with Crippen molar-refractivity contribution in [3.05, 3.63) is 0 Å². The molecule has 0 radical (unpaired) electrons. The summed E-state index contributed by atoms with van der Waals surface area (Å²) in [6, 6.07) is 0.379. The van der Waals surface area contributed by atoms with Gasteiger partial charge in [0.25, 0.3) is 0 Å². The zero-order valence-electron chi connectivity index (χ0n) is 9.84. The Morgan fingerprint density at radius 1 is 1.31 bits per heavy atom. The lowest BCUT2D eigenvalue weighted by Gasteiger charge is -2.26. The number of carbonyl (C=O) groups excluding carboxylic acids is 1. The van der Waals surface area contributed by atoms with E-state index in [-0.39, 0.29) is 6.09 Å². The number of rotatable bonds is 4. The van der Waals surface area contributed by atoms with E-state index in [0.29, 0.717) is 18.6 Å². The average Bonchev–Trinajstić information content (AvgIpc) is 2.25. The molecular formula is C12H22N2O2. The van der Waals surface area contributed by atoms with Crippen LogP contribution in [0.2, 0.25) is 0 Å². The summed E-state index contributed by atoms with van der Waals surface area (Å²) in [5.74, 6) is 0.685. The molecule has 2 N–H and O–H groups in total. The second-order valence-corrected chi connectivity index (χ2v) is 4.91. The third-order valence-electron chi connectivity index (χ3n) is 3.59. The predicted octanol–water partition coefficient (Wildman–Crippen LogP) is 1.65. The van der Waals surface area contributed by atoms with E-state index in [1.54, 1.807) is 0 Å². The zero-order valence-corrected chi connectivity index (χ0v) is 9.84. The molecule has 0 spiro atoms. The molecule has 0 aromatic heterocycles. The van der Waals surface area contributed by atoms with Crippen LogP contribution in [0.25, 0.3) is 0 Å². The Morgan fingerprint density at radius 3 is 2.81 bits per heavy atom. The lowest BCUT2D eigenvalue weighted by Crippen LogP contribution is -2.40. The van der Waals surface area contributed by atoms with Crippen molar-refractivity contribution >= 4 is 6.09 Å². The first-order chi connectivity index (χ1) is 7.84. The van der Waals surface area contributed by atoms with Crippen molar-refractivity contribution in [2.45, 2.75) is 44.6 Å². The molecule has 92 valence electrons. The molecule has 0 aromatic rings. The van der Waals surface area contributed by atoms with Gasteiger partial charge in [-0.05, 0) is 57.5 Å². The summed E-state index contributed by atoms with van der Waals surface area (Å²) in [5.41, 5.74) is 0. The summed E-state index contributed by atoms with van der Waals surface area (Å²) < 4.78 is 5.17. The van der Waals surface area contributed by atoms with E-state index in [9.17, 15) is 4.79 Å². The van der Waals surface area contributed by atoms with Crippen molar-refractivity contribution in [1.29, 1.82) is 0 Å². The highest BCUT2D eigenvalue weighted by Crippen LogP contribution is 2.18. The van der Waals surface area contributed by atoms with Crippen LogP contribution < -0.4 is 10.6 Å². The van der Waals surface area contributed by atoms with Gasteiger partial charge in [-0.15, -0.1) is 0 Å². The summed E-state index contributed by atoms with van der Waals surface area (Å²) in [7, 11) is 0. The first-order valence-electron chi connectivity index (χ1n) is 6.48. The maximum absolute atomic E-state index is 11.3. The summed E-state index contributed by atoms with van der Waals surface area (Å²) in [6.45, 7) is 2.78. The van der Waals surface area contributed by atoms with Crippen LogP contribution in [0.15, 0.2) is 0 Å². The monoisotopic (exact) mass is 226 g/mol. The fourth-order valence-electron chi connectivity index (χ4n) is 2.25. The largest absolute Gasteiger partial charge is 0.450 e. The summed E-state index contributed by atoms with van der Waals surface area (Å²) in [6.07, 6.45) is 6.74. The molecule has 2 rings (SSSR count). The predicted molar refractivity (Wildman–Crippen MR) is 62.3 cm³/mol. The molecule has 1 saturated carbocycles. The quantitative estimate of drug-likeness (QED) is 0.766. The average molecular weight is 226 g/mol. The number of hydrogen-bond acceptors (Lipinski definition) is 3. The zero-order chi connectivity index (χ0) is 11.2. The van der Waals surface area contributed by atoms with Gasteiger partial charge in [-0.2, -0.15) is 0 Å². The summed E-state index contributed by atoms with van der Waals surface area (Å²) in [5, 5.41) is 6.24. The molecule has 2 fully saturated rings. The number of hydrogen-bond donors (Lipinski definition) is 2. The van der Waals surface area contributed by atoms with Gasteiger partial charge in [-0.3, -0.25) is 0 Å². The maximum Gasteiger partial charge on any atom is 0.407 e. The molecule has 1 heterocycles. The van der Waals surface area contributed by atoms with Gasteiger partial charge in [0.05, 0.1) is 6.61 Å². The minimum absolute atomic E-state index is 0.228. The number of piperidine rings is 1. The van der Waals surface area contributed by atoms with Crippen molar-refractivity contribution in [2.24, 2.45) is 5.92 Å². The molecule has 0 bridgehead atoms. The van der Waals surface area contributed by atoms with Crippen LogP contribution in [0.3, 0.4) is 0 Å². The second-order valence-electron chi connectivity index (χ2n) is 4.91. The van der Waals surface area contributed by atoms with Gasteiger partial charge in [0.15, 0.2) is 0 Å². The standard InChI is InChI=1S/C12H22N2O2/c15-12(14-11-4-1-5-11)16-8-6-10-3-2-7-13-9-10/h10-11,13H,1-9H2,(H,14,15). The smallest absolute Gasteiger partial charge is 0.407 e. The minimum atomic E-state index is -0.228.